The summed E-state index contributed by atoms with van der Waals surface area (Å²) in [6, 6.07) is 8.03. The summed E-state index contributed by atoms with van der Waals surface area (Å²) in [4.78, 5) is 11.3. The Morgan fingerprint density at radius 2 is 2.08 bits per heavy atom. The second-order valence-corrected chi connectivity index (χ2v) is 7.17. The number of aromatic nitrogens is 4. The van der Waals surface area contributed by atoms with Gasteiger partial charge in [-0.3, -0.25) is 4.98 Å². The lowest BCUT2D eigenvalue weighted by molar-refractivity contribution is 0.401. The zero-order chi connectivity index (χ0) is 17.7. The Labute approximate surface area is 151 Å². The third kappa shape index (κ3) is 2.50. The van der Waals surface area contributed by atoms with Crippen molar-refractivity contribution < 1.29 is 4.74 Å². The Hall–Kier alpha value is -2.67. The van der Waals surface area contributed by atoms with Crippen molar-refractivity contribution >= 4 is 11.5 Å². The molecule has 2 fully saturated rings. The highest BCUT2D eigenvalue weighted by Crippen LogP contribution is 2.41. The first kappa shape index (κ1) is 15.6. The summed E-state index contributed by atoms with van der Waals surface area (Å²) in [6.07, 6.45) is 7.03. The molecule has 2 aliphatic rings. The molecule has 4 heterocycles. The van der Waals surface area contributed by atoms with E-state index in [9.17, 15) is 0 Å². The topological polar surface area (TPSA) is 81.6 Å². The third-order valence-electron chi connectivity index (χ3n) is 5.33. The second-order valence-electron chi connectivity index (χ2n) is 7.17. The standard InChI is InChI=1S/C19H22N6O/c1-26-16-3-2-8-21-19(16)14-9-13(20)11-24(14)18-7-6-17-22-10-15(12-4-5-12)25(17)23-18/h2-3,6-8,10,12-14H,4-5,9,11,20H2,1H3/t13?,14-/m1/s1. The summed E-state index contributed by atoms with van der Waals surface area (Å²) < 4.78 is 7.52. The molecule has 26 heavy (non-hydrogen) atoms. The van der Waals surface area contributed by atoms with Crippen molar-refractivity contribution in [3.05, 3.63) is 48.0 Å². The summed E-state index contributed by atoms with van der Waals surface area (Å²) >= 11 is 0. The molecule has 1 aliphatic carbocycles. The van der Waals surface area contributed by atoms with Crippen LogP contribution in [0.15, 0.2) is 36.7 Å². The highest BCUT2D eigenvalue weighted by molar-refractivity contribution is 5.51. The van der Waals surface area contributed by atoms with Crippen LogP contribution in [0.2, 0.25) is 0 Å². The molecule has 3 aromatic heterocycles. The number of nitrogens with two attached hydrogens (primary N) is 1. The summed E-state index contributed by atoms with van der Waals surface area (Å²) in [5.41, 5.74) is 9.32. The highest BCUT2D eigenvalue weighted by atomic mass is 16.5. The van der Waals surface area contributed by atoms with Crippen LogP contribution in [0.25, 0.3) is 5.65 Å². The van der Waals surface area contributed by atoms with Gasteiger partial charge in [0.1, 0.15) is 17.3 Å². The first-order valence-corrected chi connectivity index (χ1v) is 9.10. The predicted octanol–water partition coefficient (Wildman–Crippen LogP) is 2.29. The smallest absolute Gasteiger partial charge is 0.153 e. The van der Waals surface area contributed by atoms with Gasteiger partial charge in [0.05, 0.1) is 25.0 Å². The molecule has 2 N–H and O–H groups in total. The lowest BCUT2D eigenvalue weighted by atomic mass is 10.1. The van der Waals surface area contributed by atoms with Crippen LogP contribution in [-0.2, 0) is 0 Å². The van der Waals surface area contributed by atoms with E-state index < -0.39 is 0 Å². The normalized spacial score (nSPS) is 22.9. The van der Waals surface area contributed by atoms with Gasteiger partial charge in [0, 0.05) is 24.7 Å². The van der Waals surface area contributed by atoms with Gasteiger partial charge < -0.3 is 15.4 Å². The zero-order valence-electron chi connectivity index (χ0n) is 14.7. The Kier molecular flexibility index (Phi) is 3.56. The second kappa shape index (κ2) is 5.95. The van der Waals surface area contributed by atoms with E-state index in [0.717, 1.165) is 35.9 Å². The third-order valence-corrected chi connectivity index (χ3v) is 5.33. The first-order valence-electron chi connectivity index (χ1n) is 9.10. The number of hydrogen-bond acceptors (Lipinski definition) is 6. The number of fused-ring (bicyclic) bond motifs is 1. The van der Waals surface area contributed by atoms with E-state index in [1.54, 1.807) is 13.3 Å². The molecule has 1 aliphatic heterocycles. The van der Waals surface area contributed by atoms with Crippen LogP contribution in [0.3, 0.4) is 0 Å². The molecular formula is C19H22N6O. The lowest BCUT2D eigenvalue weighted by Gasteiger charge is -2.26. The van der Waals surface area contributed by atoms with Gasteiger partial charge in [-0.2, -0.15) is 0 Å². The van der Waals surface area contributed by atoms with Crippen molar-refractivity contribution in [2.24, 2.45) is 5.73 Å². The van der Waals surface area contributed by atoms with Crippen LogP contribution in [0, 0.1) is 0 Å². The van der Waals surface area contributed by atoms with Crippen molar-refractivity contribution in [1.29, 1.82) is 0 Å². The Balaban J connectivity index is 1.57. The average Bonchev–Trinajstić information content (AvgIpc) is 3.31. The minimum absolute atomic E-state index is 0.0546. The molecule has 134 valence electrons. The number of ether oxygens (including phenoxy) is 1. The molecular weight excluding hydrogens is 328 g/mol. The maximum Gasteiger partial charge on any atom is 0.153 e. The van der Waals surface area contributed by atoms with Crippen molar-refractivity contribution in [2.45, 2.75) is 37.3 Å². The van der Waals surface area contributed by atoms with Gasteiger partial charge in [0.15, 0.2) is 5.65 Å². The molecule has 0 aromatic carbocycles. The van der Waals surface area contributed by atoms with E-state index in [0.29, 0.717) is 5.92 Å². The maximum absolute atomic E-state index is 6.31. The molecule has 0 bridgehead atoms. The van der Waals surface area contributed by atoms with Crippen molar-refractivity contribution in [2.75, 3.05) is 18.6 Å². The van der Waals surface area contributed by atoms with E-state index in [1.807, 2.05) is 35.0 Å². The molecule has 7 nitrogen and oxygen atoms in total. The van der Waals surface area contributed by atoms with Gasteiger partial charge >= 0.3 is 0 Å². The number of pyridine rings is 1. The average molecular weight is 350 g/mol. The molecule has 0 radical (unpaired) electrons. The highest BCUT2D eigenvalue weighted by Gasteiger charge is 2.35. The fourth-order valence-electron chi connectivity index (χ4n) is 3.90. The molecule has 1 unspecified atom stereocenters. The van der Waals surface area contributed by atoms with Gasteiger partial charge in [-0.25, -0.2) is 9.50 Å². The Morgan fingerprint density at radius 3 is 2.88 bits per heavy atom. The van der Waals surface area contributed by atoms with Crippen molar-refractivity contribution in [1.82, 2.24) is 19.6 Å². The number of imidazole rings is 1. The number of rotatable bonds is 4. The fourth-order valence-corrected chi connectivity index (χ4v) is 3.90. The van der Waals surface area contributed by atoms with E-state index in [4.69, 9.17) is 15.6 Å². The van der Waals surface area contributed by atoms with Gasteiger partial charge in [-0.1, -0.05) is 0 Å². The van der Waals surface area contributed by atoms with Crippen LogP contribution in [0.5, 0.6) is 5.75 Å². The minimum atomic E-state index is 0.0546. The van der Waals surface area contributed by atoms with Crippen LogP contribution in [0.4, 0.5) is 5.82 Å². The summed E-state index contributed by atoms with van der Waals surface area (Å²) in [5, 5.41) is 4.90. The molecule has 1 saturated heterocycles. The Bertz CT molecular complexity index is 950. The first-order chi connectivity index (χ1) is 12.7. The van der Waals surface area contributed by atoms with E-state index in [-0.39, 0.29) is 12.1 Å². The summed E-state index contributed by atoms with van der Waals surface area (Å²) in [7, 11) is 1.68. The molecule has 3 aromatic rings. The van der Waals surface area contributed by atoms with Crippen LogP contribution < -0.4 is 15.4 Å². The molecule has 0 spiro atoms. The SMILES string of the molecule is COc1cccnc1[C@H]1CC(N)CN1c1ccc2ncc(C3CC3)n2n1. The number of methoxy groups -OCH3 is 1. The molecule has 7 heteroatoms. The number of anilines is 1. The largest absolute Gasteiger partial charge is 0.495 e. The molecule has 1 saturated carbocycles. The van der Waals surface area contributed by atoms with E-state index >= 15 is 0 Å². The summed E-state index contributed by atoms with van der Waals surface area (Å²) in [6.45, 7) is 0.746. The van der Waals surface area contributed by atoms with Crippen LogP contribution in [-0.4, -0.2) is 39.3 Å². The van der Waals surface area contributed by atoms with Crippen LogP contribution >= 0.6 is 0 Å². The minimum Gasteiger partial charge on any atom is -0.495 e. The van der Waals surface area contributed by atoms with Crippen molar-refractivity contribution in [3.8, 4) is 5.75 Å². The monoisotopic (exact) mass is 350 g/mol. The molecule has 2 atom stereocenters. The van der Waals surface area contributed by atoms with Crippen molar-refractivity contribution in [3.63, 3.8) is 0 Å². The number of nitrogens with zero attached hydrogens (tertiary/aromatic N) is 5. The number of hydrogen-bond donors (Lipinski definition) is 1. The van der Waals surface area contributed by atoms with Gasteiger partial charge in [-0.05, 0) is 43.5 Å². The molecule has 0 amide bonds. The van der Waals surface area contributed by atoms with Gasteiger partial charge in [-0.15, -0.1) is 5.10 Å². The zero-order valence-corrected chi connectivity index (χ0v) is 14.7. The summed E-state index contributed by atoms with van der Waals surface area (Å²) in [5.74, 6) is 2.29. The van der Waals surface area contributed by atoms with Gasteiger partial charge in [0.25, 0.3) is 0 Å². The fraction of sp³-hybridized carbons (Fsp3) is 0.421. The maximum atomic E-state index is 6.31. The van der Waals surface area contributed by atoms with E-state index in [2.05, 4.69) is 14.9 Å². The predicted molar refractivity (Wildman–Crippen MR) is 98.4 cm³/mol. The molecule has 5 rings (SSSR count). The van der Waals surface area contributed by atoms with E-state index in [1.165, 1.54) is 18.5 Å². The lowest BCUT2D eigenvalue weighted by Crippen LogP contribution is -2.29. The Morgan fingerprint density at radius 1 is 1.19 bits per heavy atom. The van der Waals surface area contributed by atoms with Gasteiger partial charge in [0.2, 0.25) is 0 Å². The van der Waals surface area contributed by atoms with Crippen LogP contribution in [0.1, 0.15) is 42.6 Å². The quantitative estimate of drug-likeness (QED) is 0.777.